The van der Waals surface area contributed by atoms with E-state index in [0.29, 0.717) is 6.07 Å². The van der Waals surface area contributed by atoms with E-state index in [-0.39, 0.29) is 30.6 Å². The number of sulfonamides is 1. The van der Waals surface area contributed by atoms with Crippen LogP contribution >= 0.6 is 0 Å². The van der Waals surface area contributed by atoms with Gasteiger partial charge in [-0.05, 0) is 25.1 Å². The highest BCUT2D eigenvalue weighted by Gasteiger charge is 2.35. The van der Waals surface area contributed by atoms with Gasteiger partial charge in [-0.15, -0.1) is 0 Å². The summed E-state index contributed by atoms with van der Waals surface area (Å²) in [6.07, 6.45) is -4.61. The van der Waals surface area contributed by atoms with Gasteiger partial charge in [0.25, 0.3) is 10.0 Å². The van der Waals surface area contributed by atoms with E-state index >= 15 is 0 Å². The molecule has 0 saturated carbocycles. The summed E-state index contributed by atoms with van der Waals surface area (Å²) in [4.78, 5) is 11.5. The van der Waals surface area contributed by atoms with Crippen molar-refractivity contribution in [2.45, 2.75) is 24.2 Å². The lowest BCUT2D eigenvalue weighted by Gasteiger charge is -2.29. The van der Waals surface area contributed by atoms with Gasteiger partial charge in [-0.2, -0.15) is 22.6 Å². The summed E-state index contributed by atoms with van der Waals surface area (Å²) >= 11 is 0. The summed E-state index contributed by atoms with van der Waals surface area (Å²) in [7, 11) is -4.09. The Balaban J connectivity index is 1.88. The van der Waals surface area contributed by atoms with Crippen LogP contribution in [0.1, 0.15) is 12.6 Å². The van der Waals surface area contributed by atoms with Gasteiger partial charge in [0, 0.05) is 12.6 Å². The number of halogens is 3. The number of hydrogen-bond donors (Lipinski definition) is 2. The van der Waals surface area contributed by atoms with Gasteiger partial charge in [-0.25, -0.2) is 8.42 Å². The minimum atomic E-state index is -4.61. The maximum absolute atomic E-state index is 12.6. The normalized spacial score (nSPS) is 19.8. The number of amides is 1. The number of rotatable bonds is 3. The Bertz CT molecular complexity index is 903. The first-order chi connectivity index (χ1) is 11.6. The molecule has 1 amide bonds. The fourth-order valence-corrected chi connectivity index (χ4v) is 3.79. The zero-order valence-electron chi connectivity index (χ0n) is 12.8. The number of hydrogen-bond acceptors (Lipinski definition) is 5. The highest BCUT2D eigenvalue weighted by molar-refractivity contribution is 7.89. The molecule has 12 heteroatoms. The van der Waals surface area contributed by atoms with Gasteiger partial charge >= 0.3 is 6.18 Å². The second-order valence-electron chi connectivity index (χ2n) is 5.55. The number of aromatic amines is 1. The van der Waals surface area contributed by atoms with Crippen LogP contribution in [0.15, 0.2) is 27.7 Å². The first-order valence-corrected chi connectivity index (χ1v) is 8.53. The molecule has 1 fully saturated rings. The van der Waals surface area contributed by atoms with E-state index in [0.717, 1.165) is 10.4 Å². The third-order valence-electron chi connectivity index (χ3n) is 3.52. The topological polar surface area (TPSA) is 108 Å². The number of carbonyl (C=O) groups is 1. The van der Waals surface area contributed by atoms with Crippen molar-refractivity contribution >= 4 is 15.9 Å². The lowest BCUT2D eigenvalue weighted by atomic mass is 10.3. The van der Waals surface area contributed by atoms with Gasteiger partial charge in [-0.1, -0.05) is 0 Å². The molecule has 136 valence electrons. The molecule has 2 N–H and O–H groups in total. The molecule has 0 unspecified atom stereocenters. The summed E-state index contributed by atoms with van der Waals surface area (Å²) in [6, 6.07) is 2.66. The van der Waals surface area contributed by atoms with Crippen molar-refractivity contribution in [3.8, 4) is 11.5 Å². The summed E-state index contributed by atoms with van der Waals surface area (Å²) in [5, 5.41) is 7.41. The number of nitrogens with zero attached hydrogens (tertiary/aromatic N) is 2. The predicted octanol–water partition coefficient (Wildman–Crippen LogP) is 1.20. The van der Waals surface area contributed by atoms with Crippen LogP contribution < -0.4 is 5.32 Å². The Hall–Kier alpha value is -2.34. The van der Waals surface area contributed by atoms with Crippen molar-refractivity contribution in [3.63, 3.8) is 0 Å². The van der Waals surface area contributed by atoms with Crippen molar-refractivity contribution in [1.29, 1.82) is 0 Å². The number of piperazine rings is 1. The molecule has 0 spiro atoms. The molecule has 1 saturated heterocycles. The van der Waals surface area contributed by atoms with Gasteiger partial charge < -0.3 is 9.73 Å². The first kappa shape index (κ1) is 17.5. The van der Waals surface area contributed by atoms with Crippen LogP contribution in [0.4, 0.5) is 13.2 Å². The quantitative estimate of drug-likeness (QED) is 0.834. The van der Waals surface area contributed by atoms with Crippen molar-refractivity contribution < 1.29 is 30.8 Å². The molecule has 1 aliphatic heterocycles. The summed E-state index contributed by atoms with van der Waals surface area (Å²) in [6.45, 7) is 1.35. The maximum Gasteiger partial charge on any atom is 0.432 e. The third kappa shape index (κ3) is 3.39. The van der Waals surface area contributed by atoms with Gasteiger partial charge in [0.2, 0.25) is 11.0 Å². The highest BCUT2D eigenvalue weighted by Crippen LogP contribution is 2.31. The van der Waals surface area contributed by atoms with Crippen LogP contribution in [0.2, 0.25) is 0 Å². The SMILES string of the molecule is C[C@H]1CN(S(=O)(=O)c2ccc(-c3cc(C(F)(F)F)[nH]n3)o2)CC(=O)N1. The second-order valence-corrected chi connectivity index (χ2v) is 7.42. The fourth-order valence-electron chi connectivity index (χ4n) is 2.40. The zero-order chi connectivity index (χ0) is 18.4. The average Bonchev–Trinajstić information content (AvgIpc) is 3.15. The standard InChI is InChI=1S/C13H13F3N4O4S/c1-7-5-20(6-11(21)17-7)25(22,23)12-3-2-9(24-12)8-4-10(19-18-8)13(14,15)16/h2-4,7H,5-6H2,1H3,(H,17,21)(H,18,19)/t7-/m0/s1. The maximum atomic E-state index is 12.6. The van der Waals surface area contributed by atoms with Crippen LogP contribution in [-0.4, -0.2) is 48.0 Å². The smallest absolute Gasteiger partial charge is 0.432 e. The van der Waals surface area contributed by atoms with Crippen LogP contribution in [-0.2, 0) is 21.0 Å². The van der Waals surface area contributed by atoms with E-state index in [9.17, 15) is 26.4 Å². The van der Waals surface area contributed by atoms with Crippen LogP contribution in [0.5, 0.6) is 0 Å². The van der Waals surface area contributed by atoms with Gasteiger partial charge in [-0.3, -0.25) is 9.89 Å². The molecule has 25 heavy (non-hydrogen) atoms. The van der Waals surface area contributed by atoms with Gasteiger partial charge in [0.1, 0.15) is 11.4 Å². The molecule has 1 atom stereocenters. The number of nitrogens with one attached hydrogen (secondary N) is 2. The van der Waals surface area contributed by atoms with E-state index in [1.165, 1.54) is 6.07 Å². The predicted molar refractivity (Wildman–Crippen MR) is 77.7 cm³/mol. The molecule has 0 radical (unpaired) electrons. The molecule has 1 aliphatic rings. The second kappa shape index (κ2) is 5.88. The minimum Gasteiger partial charge on any atom is -0.442 e. The Kier molecular flexibility index (Phi) is 4.11. The number of carbonyl (C=O) groups excluding carboxylic acids is 1. The van der Waals surface area contributed by atoms with Crippen molar-refractivity contribution in [2.75, 3.05) is 13.1 Å². The van der Waals surface area contributed by atoms with Crippen molar-refractivity contribution in [1.82, 2.24) is 19.8 Å². The average molecular weight is 378 g/mol. The summed E-state index contributed by atoms with van der Waals surface area (Å²) in [5.41, 5.74) is -1.26. The Morgan fingerprint density at radius 3 is 2.68 bits per heavy atom. The number of furan rings is 1. The van der Waals surface area contributed by atoms with E-state index in [2.05, 4.69) is 10.4 Å². The molecular weight excluding hydrogens is 365 g/mol. The number of aromatic nitrogens is 2. The molecule has 0 aromatic carbocycles. The molecule has 2 aromatic rings. The summed E-state index contributed by atoms with van der Waals surface area (Å²) < 4.78 is 68.9. The Labute approximate surface area is 140 Å². The molecule has 3 rings (SSSR count). The summed E-state index contributed by atoms with van der Waals surface area (Å²) in [5.74, 6) is -0.587. The fraction of sp³-hybridized carbons (Fsp3) is 0.385. The lowest BCUT2D eigenvalue weighted by Crippen LogP contribution is -2.54. The van der Waals surface area contributed by atoms with Crippen molar-refractivity contribution in [3.05, 3.63) is 23.9 Å². The van der Waals surface area contributed by atoms with Gasteiger partial charge in [0.15, 0.2) is 5.76 Å². The zero-order valence-corrected chi connectivity index (χ0v) is 13.6. The minimum absolute atomic E-state index is 0.0603. The largest absolute Gasteiger partial charge is 0.442 e. The first-order valence-electron chi connectivity index (χ1n) is 7.09. The van der Waals surface area contributed by atoms with Crippen LogP contribution in [0, 0.1) is 0 Å². The van der Waals surface area contributed by atoms with E-state index in [1.54, 1.807) is 6.92 Å². The number of alkyl halides is 3. The number of H-pyrrole nitrogens is 1. The molecular formula is C13H13F3N4O4S. The van der Waals surface area contributed by atoms with E-state index < -0.39 is 32.9 Å². The van der Waals surface area contributed by atoms with Crippen molar-refractivity contribution in [2.24, 2.45) is 0 Å². The molecule has 3 heterocycles. The molecule has 2 aromatic heterocycles. The monoisotopic (exact) mass is 378 g/mol. The third-order valence-corrected chi connectivity index (χ3v) is 5.20. The highest BCUT2D eigenvalue weighted by atomic mass is 32.2. The molecule has 8 nitrogen and oxygen atoms in total. The van der Waals surface area contributed by atoms with Crippen LogP contribution in [0.25, 0.3) is 11.5 Å². The van der Waals surface area contributed by atoms with E-state index in [4.69, 9.17) is 4.42 Å². The van der Waals surface area contributed by atoms with Crippen LogP contribution in [0.3, 0.4) is 0 Å². The molecule has 0 aliphatic carbocycles. The molecule has 0 bridgehead atoms. The Morgan fingerprint density at radius 1 is 1.36 bits per heavy atom. The Morgan fingerprint density at radius 2 is 2.08 bits per heavy atom. The van der Waals surface area contributed by atoms with E-state index in [1.807, 2.05) is 5.10 Å². The lowest BCUT2D eigenvalue weighted by molar-refractivity contribution is -0.141. The van der Waals surface area contributed by atoms with Gasteiger partial charge in [0.05, 0.1) is 6.54 Å².